The third-order valence-electron chi connectivity index (χ3n) is 3.41. The summed E-state index contributed by atoms with van der Waals surface area (Å²) in [5, 5.41) is 2.77. The number of aromatic nitrogens is 4. The van der Waals surface area contributed by atoms with Gasteiger partial charge in [0.25, 0.3) is 5.56 Å². The predicted molar refractivity (Wildman–Crippen MR) is 81.2 cm³/mol. The van der Waals surface area contributed by atoms with Crippen LogP contribution in [0.1, 0.15) is 17.1 Å². The van der Waals surface area contributed by atoms with E-state index in [0.717, 1.165) is 11.0 Å². The lowest BCUT2D eigenvalue weighted by Gasteiger charge is -2.04. The van der Waals surface area contributed by atoms with Crippen molar-refractivity contribution in [3.05, 3.63) is 58.0 Å². The number of H-pyrrole nitrogens is 2. The van der Waals surface area contributed by atoms with Crippen molar-refractivity contribution in [2.75, 3.05) is 0 Å². The second-order valence-corrected chi connectivity index (χ2v) is 4.96. The molecule has 3 rings (SSSR count). The molecule has 1 amide bonds. The summed E-state index contributed by atoms with van der Waals surface area (Å²) in [5.41, 5.74) is 2.50. The molecule has 0 saturated carbocycles. The number of hydrogen-bond donors (Lipinski definition) is 3. The fourth-order valence-electron chi connectivity index (χ4n) is 2.17. The summed E-state index contributed by atoms with van der Waals surface area (Å²) in [7, 11) is 0. The quantitative estimate of drug-likeness (QED) is 0.663. The number of hydrogen-bond acceptors (Lipinski definition) is 4. The number of carbonyl (C=O) groups is 1. The molecule has 0 aliphatic carbocycles. The lowest BCUT2D eigenvalue weighted by atomic mass is 10.2. The summed E-state index contributed by atoms with van der Waals surface area (Å²) in [6.45, 7) is 1.95. The molecule has 0 atom stereocenters. The number of nitrogens with one attached hydrogen (secondary N) is 3. The van der Waals surface area contributed by atoms with Crippen LogP contribution < -0.4 is 10.9 Å². The highest BCUT2D eigenvalue weighted by atomic mass is 16.1. The first kappa shape index (κ1) is 14.0. The molecule has 7 heteroatoms. The lowest BCUT2D eigenvalue weighted by molar-refractivity contribution is -0.120. The summed E-state index contributed by atoms with van der Waals surface area (Å²) in [6.07, 6.45) is 1.37. The first-order valence-electron chi connectivity index (χ1n) is 6.87. The molecule has 2 heterocycles. The molecule has 0 radical (unpaired) electrons. The maximum Gasteiger partial charge on any atom is 0.253 e. The highest BCUT2D eigenvalue weighted by Crippen LogP contribution is 2.09. The maximum atomic E-state index is 12.0. The largest absolute Gasteiger partial charge is 0.349 e. The SMILES string of the molecule is Cc1c(CC(=O)NCc2nc3ccccc3[nH]2)nc[nH]c1=O. The van der Waals surface area contributed by atoms with Crippen LogP contribution in [0.2, 0.25) is 0 Å². The lowest BCUT2D eigenvalue weighted by Crippen LogP contribution is -2.27. The second-order valence-electron chi connectivity index (χ2n) is 4.96. The van der Waals surface area contributed by atoms with Crippen molar-refractivity contribution >= 4 is 16.9 Å². The van der Waals surface area contributed by atoms with Crippen molar-refractivity contribution in [1.82, 2.24) is 25.3 Å². The van der Waals surface area contributed by atoms with E-state index in [1.54, 1.807) is 6.92 Å². The first-order valence-corrected chi connectivity index (χ1v) is 6.87. The minimum absolute atomic E-state index is 0.0655. The Kier molecular flexibility index (Phi) is 3.69. The average Bonchev–Trinajstić information content (AvgIpc) is 2.93. The van der Waals surface area contributed by atoms with E-state index in [0.29, 0.717) is 23.6 Å². The Bertz CT molecular complexity index is 848. The van der Waals surface area contributed by atoms with E-state index in [-0.39, 0.29) is 17.9 Å². The van der Waals surface area contributed by atoms with Gasteiger partial charge in [-0.05, 0) is 19.1 Å². The number of fused-ring (bicyclic) bond motifs is 1. The average molecular weight is 297 g/mol. The van der Waals surface area contributed by atoms with Crippen LogP contribution in [0.15, 0.2) is 35.4 Å². The van der Waals surface area contributed by atoms with E-state index in [1.165, 1.54) is 6.33 Å². The molecule has 2 aromatic heterocycles. The van der Waals surface area contributed by atoms with Gasteiger partial charge >= 0.3 is 0 Å². The molecule has 3 N–H and O–H groups in total. The molecule has 0 fully saturated rings. The van der Waals surface area contributed by atoms with Crippen LogP contribution in [0.4, 0.5) is 0 Å². The van der Waals surface area contributed by atoms with Crippen molar-refractivity contribution in [1.29, 1.82) is 0 Å². The Morgan fingerprint density at radius 2 is 2.14 bits per heavy atom. The highest BCUT2D eigenvalue weighted by Gasteiger charge is 2.10. The zero-order valence-electron chi connectivity index (χ0n) is 12.0. The molecule has 0 spiro atoms. The topological polar surface area (TPSA) is 104 Å². The van der Waals surface area contributed by atoms with E-state index in [2.05, 4.69) is 25.3 Å². The van der Waals surface area contributed by atoms with Gasteiger partial charge in [0.05, 0.1) is 36.0 Å². The summed E-state index contributed by atoms with van der Waals surface area (Å²) < 4.78 is 0. The Balaban J connectivity index is 1.65. The van der Waals surface area contributed by atoms with Crippen LogP contribution in [0.5, 0.6) is 0 Å². The van der Waals surface area contributed by atoms with Crippen molar-refractivity contribution in [2.24, 2.45) is 0 Å². The van der Waals surface area contributed by atoms with E-state index < -0.39 is 0 Å². The first-order chi connectivity index (χ1) is 10.6. The van der Waals surface area contributed by atoms with E-state index in [9.17, 15) is 9.59 Å². The number of rotatable bonds is 4. The van der Waals surface area contributed by atoms with Crippen molar-refractivity contribution in [2.45, 2.75) is 19.9 Å². The number of amides is 1. The van der Waals surface area contributed by atoms with Crippen LogP contribution in [-0.4, -0.2) is 25.8 Å². The van der Waals surface area contributed by atoms with Crippen molar-refractivity contribution < 1.29 is 4.79 Å². The molecule has 0 unspecified atom stereocenters. The Morgan fingerprint density at radius 1 is 1.32 bits per heavy atom. The minimum Gasteiger partial charge on any atom is -0.349 e. The summed E-state index contributed by atoms with van der Waals surface area (Å²) >= 11 is 0. The van der Waals surface area contributed by atoms with Gasteiger partial charge in [0.2, 0.25) is 5.91 Å². The van der Waals surface area contributed by atoms with Gasteiger partial charge < -0.3 is 15.3 Å². The fraction of sp³-hybridized carbons (Fsp3) is 0.200. The molecule has 0 bridgehead atoms. The van der Waals surface area contributed by atoms with Crippen LogP contribution in [-0.2, 0) is 17.8 Å². The zero-order valence-corrected chi connectivity index (χ0v) is 12.0. The Morgan fingerprint density at radius 3 is 2.95 bits per heavy atom. The number of para-hydroxylation sites is 2. The van der Waals surface area contributed by atoms with Gasteiger partial charge in [0.1, 0.15) is 5.82 Å². The van der Waals surface area contributed by atoms with E-state index in [4.69, 9.17) is 0 Å². The number of imidazole rings is 1. The van der Waals surface area contributed by atoms with Crippen LogP contribution in [0.3, 0.4) is 0 Å². The number of aromatic amines is 2. The molecule has 0 aliphatic heterocycles. The van der Waals surface area contributed by atoms with Crippen molar-refractivity contribution in [3.8, 4) is 0 Å². The zero-order chi connectivity index (χ0) is 15.5. The van der Waals surface area contributed by atoms with Crippen LogP contribution in [0.25, 0.3) is 11.0 Å². The molecule has 112 valence electrons. The fourth-order valence-corrected chi connectivity index (χ4v) is 2.17. The van der Waals surface area contributed by atoms with Gasteiger partial charge in [-0.3, -0.25) is 9.59 Å². The molecule has 1 aromatic carbocycles. The monoisotopic (exact) mass is 297 g/mol. The normalized spacial score (nSPS) is 10.8. The van der Waals surface area contributed by atoms with E-state index in [1.807, 2.05) is 24.3 Å². The van der Waals surface area contributed by atoms with E-state index >= 15 is 0 Å². The van der Waals surface area contributed by atoms with Crippen molar-refractivity contribution in [3.63, 3.8) is 0 Å². The van der Waals surface area contributed by atoms with Gasteiger partial charge in [-0.1, -0.05) is 12.1 Å². The standard InChI is InChI=1S/C15H15N5O2/c1-9-12(17-8-18-15(9)22)6-14(21)16-7-13-19-10-4-2-3-5-11(10)20-13/h2-5,8H,6-7H2,1H3,(H,16,21)(H,19,20)(H,17,18,22). The molecule has 0 saturated heterocycles. The third kappa shape index (κ3) is 2.88. The molecular formula is C15H15N5O2. The highest BCUT2D eigenvalue weighted by molar-refractivity contribution is 5.78. The molecule has 0 aliphatic rings. The van der Waals surface area contributed by atoms with Gasteiger partial charge in [0.15, 0.2) is 0 Å². The number of carbonyl (C=O) groups excluding carboxylic acids is 1. The van der Waals surface area contributed by atoms with Crippen LogP contribution in [0, 0.1) is 6.92 Å². The smallest absolute Gasteiger partial charge is 0.253 e. The van der Waals surface area contributed by atoms with Gasteiger partial charge in [-0.2, -0.15) is 0 Å². The Hall–Kier alpha value is -2.96. The van der Waals surface area contributed by atoms with Gasteiger partial charge in [-0.25, -0.2) is 9.97 Å². The molecule has 3 aromatic rings. The molecule has 22 heavy (non-hydrogen) atoms. The molecule has 7 nitrogen and oxygen atoms in total. The van der Waals surface area contributed by atoms with Gasteiger partial charge in [-0.15, -0.1) is 0 Å². The maximum absolute atomic E-state index is 12.0. The molecular weight excluding hydrogens is 282 g/mol. The second kappa shape index (κ2) is 5.80. The minimum atomic E-state index is -0.227. The number of benzene rings is 1. The summed E-state index contributed by atoms with van der Waals surface area (Å²) in [5.74, 6) is 0.479. The predicted octanol–water partition coefficient (Wildman–Crippen LogP) is 0.814. The summed E-state index contributed by atoms with van der Waals surface area (Å²) in [4.78, 5) is 37.4. The van der Waals surface area contributed by atoms with Crippen LogP contribution >= 0.6 is 0 Å². The van der Waals surface area contributed by atoms with Gasteiger partial charge in [0, 0.05) is 5.56 Å². The summed E-state index contributed by atoms with van der Waals surface area (Å²) in [6, 6.07) is 7.66. The third-order valence-corrected chi connectivity index (χ3v) is 3.41. The Labute approximate surface area is 125 Å². The number of nitrogens with zero attached hydrogens (tertiary/aromatic N) is 2.